The van der Waals surface area contributed by atoms with E-state index in [1.54, 1.807) is 0 Å². The summed E-state index contributed by atoms with van der Waals surface area (Å²) in [6.07, 6.45) is -6.53. The van der Waals surface area contributed by atoms with Crippen molar-refractivity contribution in [1.29, 1.82) is 0 Å². The van der Waals surface area contributed by atoms with E-state index in [4.69, 9.17) is 5.73 Å². The van der Waals surface area contributed by atoms with Gasteiger partial charge >= 0.3 is 6.18 Å². The van der Waals surface area contributed by atoms with Crippen molar-refractivity contribution in [3.63, 3.8) is 0 Å². The maximum atomic E-state index is 12.5. The average Bonchev–Trinajstić information content (AvgIpc) is 2.17. The first kappa shape index (κ1) is 12.9. The third kappa shape index (κ3) is 3.46. The van der Waals surface area contributed by atoms with Crippen LogP contribution in [0.15, 0.2) is 24.3 Å². The Kier molecular flexibility index (Phi) is 3.88. The van der Waals surface area contributed by atoms with Crippen LogP contribution in [0.2, 0.25) is 0 Å². The van der Waals surface area contributed by atoms with E-state index in [9.17, 15) is 22.7 Å². The van der Waals surface area contributed by atoms with Gasteiger partial charge in [-0.25, -0.2) is 4.39 Å². The largest absolute Gasteiger partial charge is 0.403 e. The van der Waals surface area contributed by atoms with Gasteiger partial charge in [0.25, 0.3) is 0 Å². The molecule has 0 aromatic heterocycles. The third-order valence-corrected chi connectivity index (χ3v) is 2.15. The van der Waals surface area contributed by atoms with E-state index in [0.717, 1.165) is 12.1 Å². The molecule has 2 nitrogen and oxygen atoms in total. The van der Waals surface area contributed by atoms with Gasteiger partial charge in [0.15, 0.2) is 0 Å². The third-order valence-electron chi connectivity index (χ3n) is 2.15. The van der Waals surface area contributed by atoms with Crippen molar-refractivity contribution >= 4 is 0 Å². The molecule has 16 heavy (non-hydrogen) atoms. The Balaban J connectivity index is 2.65. The summed E-state index contributed by atoms with van der Waals surface area (Å²) in [5.41, 5.74) is 5.07. The molecule has 1 aromatic rings. The van der Waals surface area contributed by atoms with Crippen molar-refractivity contribution in [3.8, 4) is 0 Å². The molecule has 0 unspecified atom stereocenters. The number of aliphatic hydroxyl groups excluding tert-OH is 1. The number of halogens is 4. The van der Waals surface area contributed by atoms with Crippen LogP contribution in [0.3, 0.4) is 0 Å². The molecule has 6 heteroatoms. The van der Waals surface area contributed by atoms with E-state index >= 15 is 0 Å². The second kappa shape index (κ2) is 4.80. The first-order valence-corrected chi connectivity index (χ1v) is 4.56. The van der Waals surface area contributed by atoms with Gasteiger partial charge in [-0.15, -0.1) is 0 Å². The normalized spacial score (nSPS) is 15.9. The highest BCUT2D eigenvalue weighted by atomic mass is 19.4. The molecule has 1 aromatic carbocycles. The standard InChI is InChI=1S/C10H11F4NO/c11-7-3-1-6(2-4-7)8(16)5-9(15)10(12,13)14/h1-4,8-9,16H,5,15H2/t8-,9+/m1/s1. The van der Waals surface area contributed by atoms with Gasteiger partial charge < -0.3 is 10.8 Å². The summed E-state index contributed by atoms with van der Waals surface area (Å²) in [6, 6.07) is 2.49. The van der Waals surface area contributed by atoms with Gasteiger partial charge in [0.05, 0.1) is 6.10 Å². The lowest BCUT2D eigenvalue weighted by atomic mass is 10.0. The van der Waals surface area contributed by atoms with Crippen molar-refractivity contribution in [2.75, 3.05) is 0 Å². The first-order chi connectivity index (χ1) is 7.30. The number of aliphatic hydroxyl groups is 1. The Morgan fingerprint density at radius 1 is 1.19 bits per heavy atom. The molecule has 0 aliphatic rings. The van der Waals surface area contributed by atoms with Crippen LogP contribution in [0, 0.1) is 5.82 Å². The molecule has 0 amide bonds. The maximum absolute atomic E-state index is 12.5. The van der Waals surface area contributed by atoms with Gasteiger partial charge in [0.1, 0.15) is 11.9 Å². The SMILES string of the molecule is N[C@@H](C[C@@H](O)c1ccc(F)cc1)C(F)(F)F. The lowest BCUT2D eigenvalue weighted by Gasteiger charge is -2.19. The number of alkyl halides is 3. The van der Waals surface area contributed by atoms with Gasteiger partial charge in [-0.05, 0) is 17.7 Å². The van der Waals surface area contributed by atoms with Crippen molar-refractivity contribution in [2.24, 2.45) is 5.73 Å². The van der Waals surface area contributed by atoms with E-state index in [0.29, 0.717) is 0 Å². The molecule has 2 atom stereocenters. The van der Waals surface area contributed by atoms with Crippen molar-refractivity contribution < 1.29 is 22.7 Å². The molecule has 0 aliphatic carbocycles. The predicted molar refractivity (Wildman–Crippen MR) is 50.0 cm³/mol. The Morgan fingerprint density at radius 3 is 2.12 bits per heavy atom. The first-order valence-electron chi connectivity index (χ1n) is 4.56. The number of nitrogens with two attached hydrogens (primary N) is 1. The van der Waals surface area contributed by atoms with E-state index in [1.807, 2.05) is 0 Å². The molecular weight excluding hydrogens is 226 g/mol. The number of benzene rings is 1. The van der Waals surface area contributed by atoms with Crippen LogP contribution in [0.5, 0.6) is 0 Å². The van der Waals surface area contributed by atoms with Crippen LogP contribution < -0.4 is 5.73 Å². The molecule has 0 radical (unpaired) electrons. The maximum Gasteiger partial charge on any atom is 0.403 e. The molecular formula is C10H11F4NO. The van der Waals surface area contributed by atoms with Gasteiger partial charge in [0, 0.05) is 6.42 Å². The van der Waals surface area contributed by atoms with Crippen LogP contribution in [0.4, 0.5) is 17.6 Å². The van der Waals surface area contributed by atoms with Gasteiger partial charge in [-0.1, -0.05) is 12.1 Å². The van der Waals surface area contributed by atoms with Gasteiger partial charge in [-0.2, -0.15) is 13.2 Å². The minimum atomic E-state index is -4.54. The summed E-state index contributed by atoms with van der Waals surface area (Å²) >= 11 is 0. The Bertz CT molecular complexity index is 336. The minimum absolute atomic E-state index is 0.209. The highest BCUT2D eigenvalue weighted by Crippen LogP contribution is 2.26. The Labute approximate surface area is 89.7 Å². The zero-order valence-corrected chi connectivity index (χ0v) is 8.21. The average molecular weight is 237 g/mol. The highest BCUT2D eigenvalue weighted by Gasteiger charge is 2.37. The fourth-order valence-corrected chi connectivity index (χ4v) is 1.20. The lowest BCUT2D eigenvalue weighted by molar-refractivity contribution is -0.153. The molecule has 0 saturated carbocycles. The predicted octanol–water partition coefficient (Wildman–Crippen LogP) is 2.14. The topological polar surface area (TPSA) is 46.2 Å². The molecule has 1 rings (SSSR count). The quantitative estimate of drug-likeness (QED) is 0.791. The smallest absolute Gasteiger partial charge is 0.388 e. The van der Waals surface area contributed by atoms with Crippen LogP contribution in [-0.2, 0) is 0 Å². The Hall–Kier alpha value is -1.14. The number of hydrogen-bond donors (Lipinski definition) is 2. The van der Waals surface area contributed by atoms with Crippen LogP contribution in [0.1, 0.15) is 18.1 Å². The second-order valence-electron chi connectivity index (χ2n) is 3.45. The molecule has 0 heterocycles. The van der Waals surface area contributed by atoms with Gasteiger partial charge in [0.2, 0.25) is 0 Å². The number of hydrogen-bond acceptors (Lipinski definition) is 2. The minimum Gasteiger partial charge on any atom is -0.388 e. The molecule has 0 aliphatic heterocycles. The van der Waals surface area contributed by atoms with E-state index in [-0.39, 0.29) is 5.56 Å². The molecule has 0 saturated heterocycles. The Morgan fingerprint density at radius 2 is 1.69 bits per heavy atom. The zero-order valence-electron chi connectivity index (χ0n) is 8.21. The van der Waals surface area contributed by atoms with Crippen LogP contribution >= 0.6 is 0 Å². The highest BCUT2D eigenvalue weighted by molar-refractivity contribution is 5.18. The summed E-state index contributed by atoms with van der Waals surface area (Å²) in [5, 5.41) is 9.44. The summed E-state index contributed by atoms with van der Waals surface area (Å²) in [5.74, 6) is -0.518. The van der Waals surface area contributed by atoms with Gasteiger partial charge in [-0.3, -0.25) is 0 Å². The molecule has 0 spiro atoms. The summed E-state index contributed by atoms with van der Waals surface area (Å²) in [4.78, 5) is 0. The van der Waals surface area contributed by atoms with E-state index < -0.39 is 30.6 Å². The summed E-state index contributed by atoms with van der Waals surface area (Å²) < 4.78 is 48.8. The number of rotatable bonds is 3. The van der Waals surface area contributed by atoms with Crippen molar-refractivity contribution in [2.45, 2.75) is 24.7 Å². The zero-order chi connectivity index (χ0) is 12.3. The van der Waals surface area contributed by atoms with Crippen LogP contribution in [0.25, 0.3) is 0 Å². The van der Waals surface area contributed by atoms with E-state index in [2.05, 4.69) is 0 Å². The van der Waals surface area contributed by atoms with Crippen LogP contribution in [-0.4, -0.2) is 17.3 Å². The fraction of sp³-hybridized carbons (Fsp3) is 0.400. The van der Waals surface area contributed by atoms with E-state index in [1.165, 1.54) is 12.1 Å². The summed E-state index contributed by atoms with van der Waals surface area (Å²) in [7, 11) is 0. The second-order valence-corrected chi connectivity index (χ2v) is 3.45. The molecule has 90 valence electrons. The lowest BCUT2D eigenvalue weighted by Crippen LogP contribution is -2.38. The fourth-order valence-electron chi connectivity index (χ4n) is 1.20. The molecule has 3 N–H and O–H groups in total. The molecule has 0 bridgehead atoms. The van der Waals surface area contributed by atoms with Crippen molar-refractivity contribution in [1.82, 2.24) is 0 Å². The summed E-state index contributed by atoms with van der Waals surface area (Å²) in [6.45, 7) is 0. The van der Waals surface area contributed by atoms with Crippen molar-refractivity contribution in [3.05, 3.63) is 35.6 Å². The molecule has 0 fully saturated rings. The monoisotopic (exact) mass is 237 g/mol.